The van der Waals surface area contributed by atoms with Crippen molar-refractivity contribution in [2.24, 2.45) is 0 Å². The number of hydrogen-bond donors (Lipinski definition) is 0. The Bertz CT molecular complexity index is 784. The smallest absolute Gasteiger partial charge is 0.276 e. The third-order valence-electron chi connectivity index (χ3n) is 3.73. The van der Waals surface area contributed by atoms with Crippen molar-refractivity contribution >= 4 is 17.2 Å². The van der Waals surface area contributed by atoms with Gasteiger partial charge < -0.3 is 14.1 Å². The van der Waals surface area contributed by atoms with E-state index in [1.807, 2.05) is 54.8 Å². The largest absolute Gasteiger partial charge is 0.484 e. The van der Waals surface area contributed by atoms with Gasteiger partial charge in [-0.05, 0) is 30.5 Å². The molecule has 0 saturated carbocycles. The summed E-state index contributed by atoms with van der Waals surface area (Å²) in [7, 11) is 1.77. The lowest BCUT2D eigenvalue weighted by molar-refractivity contribution is 0.0739. The van der Waals surface area contributed by atoms with E-state index in [9.17, 15) is 4.79 Å². The second-order valence-corrected chi connectivity index (χ2v) is 6.31. The van der Waals surface area contributed by atoms with Crippen molar-refractivity contribution in [2.45, 2.75) is 19.6 Å². The van der Waals surface area contributed by atoms with E-state index in [4.69, 9.17) is 9.15 Å². The Balaban J connectivity index is 1.63. The average Bonchev–Trinajstić information content (AvgIpc) is 3.30. The van der Waals surface area contributed by atoms with E-state index in [1.165, 1.54) is 6.26 Å². The first-order chi connectivity index (χ1) is 11.6. The molecule has 1 amide bonds. The predicted octanol–water partition coefficient (Wildman–Crippen LogP) is 4.15. The van der Waals surface area contributed by atoms with Gasteiger partial charge in [0.1, 0.15) is 12.0 Å². The number of carbonyl (C=O) groups is 1. The van der Waals surface area contributed by atoms with Crippen molar-refractivity contribution in [3.8, 4) is 5.75 Å². The average molecular weight is 342 g/mol. The van der Waals surface area contributed by atoms with Crippen LogP contribution in [0.3, 0.4) is 0 Å². The Morgan fingerprint density at radius 1 is 1.29 bits per heavy atom. The van der Waals surface area contributed by atoms with E-state index in [0.29, 0.717) is 5.89 Å². The maximum Gasteiger partial charge on any atom is 0.276 e. The van der Waals surface area contributed by atoms with Gasteiger partial charge >= 0.3 is 0 Å². The highest BCUT2D eigenvalue weighted by molar-refractivity contribution is 7.10. The highest BCUT2D eigenvalue weighted by atomic mass is 32.1. The van der Waals surface area contributed by atoms with Crippen LogP contribution in [-0.2, 0) is 6.61 Å². The molecule has 0 N–H and O–H groups in total. The fraction of sp³-hybridized carbons (Fsp3) is 0.222. The Morgan fingerprint density at radius 2 is 2.08 bits per heavy atom. The molecule has 0 aliphatic heterocycles. The van der Waals surface area contributed by atoms with E-state index in [0.717, 1.165) is 10.6 Å². The molecule has 6 heteroatoms. The lowest BCUT2D eigenvalue weighted by Crippen LogP contribution is -2.29. The second kappa shape index (κ2) is 7.31. The Labute approximate surface area is 144 Å². The molecule has 0 aliphatic rings. The number of benzene rings is 1. The van der Waals surface area contributed by atoms with Gasteiger partial charge in [-0.1, -0.05) is 24.3 Å². The van der Waals surface area contributed by atoms with E-state index < -0.39 is 0 Å². The Hall–Kier alpha value is -2.60. The molecule has 0 radical (unpaired) electrons. The van der Waals surface area contributed by atoms with Crippen LogP contribution in [0.1, 0.15) is 34.2 Å². The minimum Gasteiger partial charge on any atom is -0.484 e. The van der Waals surface area contributed by atoms with Crippen molar-refractivity contribution in [3.05, 3.63) is 70.6 Å². The maximum absolute atomic E-state index is 12.5. The molecule has 5 nitrogen and oxygen atoms in total. The number of para-hydroxylation sites is 1. The molecular weight excluding hydrogens is 324 g/mol. The molecule has 0 fully saturated rings. The number of oxazole rings is 1. The van der Waals surface area contributed by atoms with Crippen LogP contribution in [0.5, 0.6) is 5.75 Å². The summed E-state index contributed by atoms with van der Waals surface area (Å²) in [4.78, 5) is 19.6. The highest BCUT2D eigenvalue weighted by Gasteiger charge is 2.22. The van der Waals surface area contributed by atoms with Gasteiger partial charge in [-0.2, -0.15) is 0 Å². The van der Waals surface area contributed by atoms with E-state index in [-0.39, 0.29) is 24.2 Å². The lowest BCUT2D eigenvalue weighted by Gasteiger charge is -2.22. The van der Waals surface area contributed by atoms with Crippen LogP contribution in [0, 0.1) is 0 Å². The van der Waals surface area contributed by atoms with E-state index in [2.05, 4.69) is 4.98 Å². The van der Waals surface area contributed by atoms with Crippen LogP contribution < -0.4 is 4.74 Å². The number of amides is 1. The molecule has 2 aromatic heterocycles. The van der Waals surface area contributed by atoms with Crippen LogP contribution in [0.25, 0.3) is 0 Å². The van der Waals surface area contributed by atoms with Crippen LogP contribution in [0.2, 0.25) is 0 Å². The van der Waals surface area contributed by atoms with Crippen molar-refractivity contribution < 1.29 is 13.9 Å². The Morgan fingerprint density at radius 3 is 2.79 bits per heavy atom. The molecule has 1 atom stereocenters. The standard InChI is InChI=1S/C18H18N2O3S/c1-13(16-9-6-10-24-16)20(2)18(21)15-11-23-17(19-15)12-22-14-7-4-3-5-8-14/h3-11,13H,12H2,1-2H3. The number of hydrogen-bond acceptors (Lipinski definition) is 5. The van der Waals surface area contributed by atoms with Crippen LogP contribution in [0.15, 0.2) is 58.5 Å². The topological polar surface area (TPSA) is 55.6 Å². The van der Waals surface area contributed by atoms with Crippen LogP contribution >= 0.6 is 11.3 Å². The fourth-order valence-electron chi connectivity index (χ4n) is 2.21. The summed E-state index contributed by atoms with van der Waals surface area (Å²) in [6.07, 6.45) is 1.38. The number of nitrogens with zero attached hydrogens (tertiary/aromatic N) is 2. The molecular formula is C18H18N2O3S. The number of thiophene rings is 1. The first kappa shape index (κ1) is 16.3. The molecule has 3 rings (SSSR count). The highest BCUT2D eigenvalue weighted by Crippen LogP contribution is 2.24. The summed E-state index contributed by atoms with van der Waals surface area (Å²) in [5.41, 5.74) is 0.285. The van der Waals surface area contributed by atoms with Gasteiger partial charge in [0, 0.05) is 11.9 Å². The molecule has 2 heterocycles. The van der Waals surface area contributed by atoms with Crippen molar-refractivity contribution in [2.75, 3.05) is 7.05 Å². The van der Waals surface area contributed by atoms with E-state index >= 15 is 0 Å². The first-order valence-electron chi connectivity index (χ1n) is 7.58. The van der Waals surface area contributed by atoms with E-state index in [1.54, 1.807) is 23.3 Å². The Kier molecular flexibility index (Phi) is 4.96. The zero-order chi connectivity index (χ0) is 16.9. The zero-order valence-electron chi connectivity index (χ0n) is 13.5. The van der Waals surface area contributed by atoms with Gasteiger partial charge in [-0.3, -0.25) is 4.79 Å². The van der Waals surface area contributed by atoms with Crippen molar-refractivity contribution in [1.82, 2.24) is 9.88 Å². The van der Waals surface area contributed by atoms with Gasteiger partial charge in [-0.25, -0.2) is 4.98 Å². The summed E-state index contributed by atoms with van der Waals surface area (Å²) < 4.78 is 10.9. The predicted molar refractivity (Wildman–Crippen MR) is 92.1 cm³/mol. The van der Waals surface area contributed by atoms with Crippen molar-refractivity contribution in [3.63, 3.8) is 0 Å². The monoisotopic (exact) mass is 342 g/mol. The third kappa shape index (κ3) is 3.65. The lowest BCUT2D eigenvalue weighted by atomic mass is 10.2. The second-order valence-electron chi connectivity index (χ2n) is 5.34. The third-order valence-corrected chi connectivity index (χ3v) is 4.78. The SMILES string of the molecule is CC(c1cccs1)N(C)C(=O)c1coc(COc2ccccc2)n1. The summed E-state index contributed by atoms with van der Waals surface area (Å²) in [6, 6.07) is 13.4. The van der Waals surface area contributed by atoms with Crippen LogP contribution in [-0.4, -0.2) is 22.8 Å². The van der Waals surface area contributed by atoms with Gasteiger partial charge in [0.05, 0.1) is 6.04 Å². The molecule has 0 bridgehead atoms. The molecule has 0 aliphatic carbocycles. The maximum atomic E-state index is 12.5. The summed E-state index contributed by atoms with van der Waals surface area (Å²) >= 11 is 1.63. The quantitative estimate of drug-likeness (QED) is 0.675. The van der Waals surface area contributed by atoms with Gasteiger partial charge in [0.15, 0.2) is 12.3 Å². The minimum atomic E-state index is -0.175. The molecule has 0 spiro atoms. The molecule has 1 unspecified atom stereocenters. The molecule has 124 valence electrons. The van der Waals surface area contributed by atoms with Crippen molar-refractivity contribution in [1.29, 1.82) is 0 Å². The molecule has 0 saturated heterocycles. The fourth-order valence-corrected chi connectivity index (χ4v) is 3.04. The number of rotatable bonds is 6. The normalized spacial score (nSPS) is 11.9. The van der Waals surface area contributed by atoms with Crippen LogP contribution in [0.4, 0.5) is 0 Å². The van der Waals surface area contributed by atoms with Gasteiger partial charge in [0.25, 0.3) is 5.91 Å². The number of aromatic nitrogens is 1. The summed E-state index contributed by atoms with van der Waals surface area (Å²) in [5.74, 6) is 0.928. The van der Waals surface area contributed by atoms with Gasteiger partial charge in [0.2, 0.25) is 5.89 Å². The number of ether oxygens (including phenoxy) is 1. The zero-order valence-corrected chi connectivity index (χ0v) is 14.3. The summed E-state index contributed by atoms with van der Waals surface area (Å²) in [5, 5.41) is 2.00. The summed E-state index contributed by atoms with van der Waals surface area (Å²) in [6.45, 7) is 2.17. The molecule has 1 aromatic carbocycles. The first-order valence-corrected chi connectivity index (χ1v) is 8.46. The number of carbonyl (C=O) groups excluding carboxylic acids is 1. The van der Waals surface area contributed by atoms with Gasteiger partial charge in [-0.15, -0.1) is 11.3 Å². The molecule has 24 heavy (non-hydrogen) atoms. The minimum absolute atomic E-state index is 0.0155. The molecule has 3 aromatic rings.